The number of carbonyl (C=O) groups is 1. The van der Waals surface area contributed by atoms with Gasteiger partial charge in [0.1, 0.15) is 11.5 Å². The molecule has 0 aliphatic carbocycles. The monoisotopic (exact) mass is 336 g/mol. The van der Waals surface area contributed by atoms with E-state index in [-0.39, 0.29) is 5.56 Å². The van der Waals surface area contributed by atoms with Crippen molar-refractivity contribution in [3.63, 3.8) is 0 Å². The zero-order valence-electron chi connectivity index (χ0n) is 10.8. The van der Waals surface area contributed by atoms with Crippen molar-refractivity contribution >= 4 is 21.9 Å². The molecule has 0 radical (unpaired) electrons. The number of carboxylic acids is 1. The number of hydrogen-bond acceptors (Lipinski definition) is 3. The van der Waals surface area contributed by atoms with Crippen LogP contribution < -0.4 is 4.74 Å². The molecule has 0 aliphatic heterocycles. The fraction of sp³-hybridized carbons (Fsp3) is 0.133. The molecule has 0 heterocycles. The Kier molecular flexibility index (Phi) is 4.76. The van der Waals surface area contributed by atoms with Crippen LogP contribution >= 0.6 is 15.9 Å². The Morgan fingerprint density at radius 3 is 2.60 bits per heavy atom. The molecular weight excluding hydrogens is 324 g/mol. The van der Waals surface area contributed by atoms with Crippen molar-refractivity contribution in [1.82, 2.24) is 0 Å². The zero-order chi connectivity index (χ0) is 14.5. The molecule has 104 valence electrons. The van der Waals surface area contributed by atoms with Crippen LogP contribution in [0.2, 0.25) is 0 Å². The van der Waals surface area contributed by atoms with Crippen molar-refractivity contribution < 1.29 is 19.4 Å². The Hall–Kier alpha value is -1.85. The zero-order valence-corrected chi connectivity index (χ0v) is 12.4. The third kappa shape index (κ3) is 3.59. The Labute approximate surface area is 125 Å². The van der Waals surface area contributed by atoms with Crippen molar-refractivity contribution in [2.24, 2.45) is 0 Å². The summed E-state index contributed by atoms with van der Waals surface area (Å²) in [6.45, 7) is 0.513. The van der Waals surface area contributed by atoms with Crippen LogP contribution in [0.1, 0.15) is 15.9 Å². The van der Waals surface area contributed by atoms with Gasteiger partial charge in [0.05, 0.1) is 12.2 Å². The number of methoxy groups -OCH3 is 1. The lowest BCUT2D eigenvalue weighted by molar-refractivity contribution is 0.0696. The molecule has 0 atom stereocenters. The average molecular weight is 337 g/mol. The molecule has 2 aromatic carbocycles. The van der Waals surface area contributed by atoms with E-state index in [4.69, 9.17) is 14.6 Å². The van der Waals surface area contributed by atoms with E-state index in [1.165, 1.54) is 6.07 Å². The molecule has 0 spiro atoms. The number of rotatable bonds is 5. The van der Waals surface area contributed by atoms with E-state index in [1.807, 2.05) is 24.3 Å². The highest BCUT2D eigenvalue weighted by Crippen LogP contribution is 2.27. The first-order chi connectivity index (χ1) is 9.60. The second kappa shape index (κ2) is 6.54. The Morgan fingerprint density at radius 2 is 1.95 bits per heavy atom. The van der Waals surface area contributed by atoms with Crippen LogP contribution in [0, 0.1) is 0 Å². The van der Waals surface area contributed by atoms with E-state index in [9.17, 15) is 4.79 Å². The lowest BCUT2D eigenvalue weighted by atomic mass is 10.2. The maximum Gasteiger partial charge on any atom is 0.336 e. The highest BCUT2D eigenvalue weighted by Gasteiger charge is 2.09. The number of carboxylic acid groups (broad SMARTS) is 1. The average Bonchev–Trinajstić information content (AvgIpc) is 2.39. The molecule has 2 aromatic rings. The van der Waals surface area contributed by atoms with Gasteiger partial charge in [0, 0.05) is 11.6 Å². The van der Waals surface area contributed by atoms with Gasteiger partial charge in [-0.3, -0.25) is 0 Å². The normalized spacial score (nSPS) is 10.3. The predicted molar refractivity (Wildman–Crippen MR) is 78.3 cm³/mol. The van der Waals surface area contributed by atoms with Crippen molar-refractivity contribution in [2.75, 3.05) is 7.11 Å². The minimum atomic E-state index is -0.981. The van der Waals surface area contributed by atoms with Gasteiger partial charge in [-0.25, -0.2) is 4.79 Å². The third-order valence-electron chi connectivity index (χ3n) is 2.62. The number of hydrogen-bond donors (Lipinski definition) is 1. The van der Waals surface area contributed by atoms with Gasteiger partial charge in [-0.05, 0) is 51.8 Å². The van der Waals surface area contributed by atoms with Gasteiger partial charge >= 0.3 is 5.97 Å². The minimum absolute atomic E-state index is 0.200. The largest absolute Gasteiger partial charge is 0.478 e. The summed E-state index contributed by atoms with van der Waals surface area (Å²) in [5.74, 6) is 0.261. The molecule has 0 unspecified atom stereocenters. The number of benzene rings is 2. The minimum Gasteiger partial charge on any atom is -0.478 e. The third-order valence-corrected chi connectivity index (χ3v) is 3.27. The van der Waals surface area contributed by atoms with Gasteiger partial charge in [0.15, 0.2) is 0 Å². The van der Waals surface area contributed by atoms with Crippen LogP contribution in [-0.4, -0.2) is 18.2 Å². The number of ether oxygens (including phenoxy) is 2. The van der Waals surface area contributed by atoms with E-state index >= 15 is 0 Å². The summed E-state index contributed by atoms with van der Waals surface area (Å²) in [7, 11) is 1.63. The molecule has 0 aliphatic rings. The Bertz CT molecular complexity index is 625. The van der Waals surface area contributed by atoms with E-state index in [2.05, 4.69) is 15.9 Å². The first-order valence-electron chi connectivity index (χ1n) is 5.88. The summed E-state index contributed by atoms with van der Waals surface area (Å²) in [5.41, 5.74) is 1.21. The molecule has 0 fully saturated rings. The molecule has 0 aromatic heterocycles. The van der Waals surface area contributed by atoms with Crippen LogP contribution in [-0.2, 0) is 11.3 Å². The SMILES string of the molecule is COCc1cccc(Oc2ccc(C(=O)O)c(Br)c2)c1. The summed E-state index contributed by atoms with van der Waals surface area (Å²) >= 11 is 3.22. The van der Waals surface area contributed by atoms with Crippen LogP contribution in [0.3, 0.4) is 0 Å². The molecule has 5 heteroatoms. The highest BCUT2D eigenvalue weighted by molar-refractivity contribution is 9.10. The summed E-state index contributed by atoms with van der Waals surface area (Å²) in [6.07, 6.45) is 0. The fourth-order valence-electron chi connectivity index (χ4n) is 1.73. The van der Waals surface area contributed by atoms with Gasteiger partial charge in [0.25, 0.3) is 0 Å². The van der Waals surface area contributed by atoms with Crippen LogP contribution in [0.15, 0.2) is 46.9 Å². The van der Waals surface area contributed by atoms with Crippen molar-refractivity contribution in [2.45, 2.75) is 6.61 Å². The topological polar surface area (TPSA) is 55.8 Å². The predicted octanol–water partition coefficient (Wildman–Crippen LogP) is 4.09. The lowest BCUT2D eigenvalue weighted by Crippen LogP contribution is -1.97. The molecule has 0 bridgehead atoms. The Balaban J connectivity index is 2.19. The fourth-order valence-corrected chi connectivity index (χ4v) is 2.26. The van der Waals surface area contributed by atoms with Crippen LogP contribution in [0.4, 0.5) is 0 Å². The molecule has 4 nitrogen and oxygen atoms in total. The molecule has 0 saturated heterocycles. The van der Waals surface area contributed by atoms with Crippen molar-refractivity contribution in [3.05, 3.63) is 58.1 Å². The highest BCUT2D eigenvalue weighted by atomic mass is 79.9. The van der Waals surface area contributed by atoms with Gasteiger partial charge in [-0.2, -0.15) is 0 Å². The first-order valence-corrected chi connectivity index (χ1v) is 6.68. The van der Waals surface area contributed by atoms with E-state index in [1.54, 1.807) is 19.2 Å². The van der Waals surface area contributed by atoms with Crippen molar-refractivity contribution in [3.8, 4) is 11.5 Å². The standard InChI is InChI=1S/C15H13BrO4/c1-19-9-10-3-2-4-11(7-10)20-12-5-6-13(15(17)18)14(16)8-12/h2-8H,9H2,1H3,(H,17,18). The second-order valence-corrected chi connectivity index (χ2v) is 4.98. The van der Waals surface area contributed by atoms with E-state index < -0.39 is 5.97 Å². The van der Waals surface area contributed by atoms with Crippen LogP contribution in [0.25, 0.3) is 0 Å². The number of halogens is 1. The molecule has 0 amide bonds. The second-order valence-electron chi connectivity index (χ2n) is 4.13. The molecule has 2 rings (SSSR count). The van der Waals surface area contributed by atoms with Crippen molar-refractivity contribution in [1.29, 1.82) is 0 Å². The van der Waals surface area contributed by atoms with Crippen LogP contribution in [0.5, 0.6) is 11.5 Å². The van der Waals surface area contributed by atoms with Gasteiger partial charge < -0.3 is 14.6 Å². The Morgan fingerprint density at radius 1 is 1.20 bits per heavy atom. The number of aromatic carboxylic acids is 1. The van der Waals surface area contributed by atoms with E-state index in [0.717, 1.165) is 5.56 Å². The quantitative estimate of drug-likeness (QED) is 0.893. The molecule has 1 N–H and O–H groups in total. The summed E-state index contributed by atoms with van der Waals surface area (Å²) in [6, 6.07) is 12.3. The smallest absolute Gasteiger partial charge is 0.336 e. The van der Waals surface area contributed by atoms with Gasteiger partial charge in [-0.1, -0.05) is 12.1 Å². The molecule has 0 saturated carbocycles. The first kappa shape index (κ1) is 14.6. The molecular formula is C15H13BrO4. The molecule has 20 heavy (non-hydrogen) atoms. The van der Waals surface area contributed by atoms with E-state index in [0.29, 0.717) is 22.6 Å². The summed E-state index contributed by atoms with van der Waals surface area (Å²) < 4.78 is 11.3. The maximum absolute atomic E-state index is 10.9. The maximum atomic E-state index is 10.9. The lowest BCUT2D eigenvalue weighted by Gasteiger charge is -2.08. The van der Waals surface area contributed by atoms with Gasteiger partial charge in [0.2, 0.25) is 0 Å². The summed E-state index contributed by atoms with van der Waals surface area (Å²) in [5, 5.41) is 8.96. The van der Waals surface area contributed by atoms with Gasteiger partial charge in [-0.15, -0.1) is 0 Å². The summed E-state index contributed by atoms with van der Waals surface area (Å²) in [4.78, 5) is 10.9.